The van der Waals surface area contributed by atoms with Crippen molar-refractivity contribution in [2.24, 2.45) is 0 Å². The molecule has 19 heavy (non-hydrogen) atoms. The highest BCUT2D eigenvalue weighted by molar-refractivity contribution is 6.32. The fourth-order valence-corrected chi connectivity index (χ4v) is 1.66. The molecule has 2 aromatic rings. The maximum absolute atomic E-state index is 11.6. The number of aromatic hydroxyl groups is 1. The molecule has 98 valence electrons. The van der Waals surface area contributed by atoms with Crippen LogP contribution in [0.25, 0.3) is 0 Å². The van der Waals surface area contributed by atoms with Gasteiger partial charge in [0.2, 0.25) is 0 Å². The van der Waals surface area contributed by atoms with Crippen LogP contribution in [0.1, 0.15) is 5.56 Å². The zero-order chi connectivity index (χ0) is 13.7. The Kier molecular flexibility index (Phi) is 4.26. The number of hydrogen-bond acceptors (Lipinski definition) is 2. The van der Waals surface area contributed by atoms with E-state index >= 15 is 0 Å². The van der Waals surface area contributed by atoms with Crippen molar-refractivity contribution in [2.45, 2.75) is 6.54 Å². The first-order valence-electron chi connectivity index (χ1n) is 5.72. The second kappa shape index (κ2) is 6.11. The van der Waals surface area contributed by atoms with E-state index in [1.165, 1.54) is 12.1 Å². The quantitative estimate of drug-likeness (QED) is 0.805. The Morgan fingerprint density at radius 2 is 1.89 bits per heavy atom. The highest BCUT2D eigenvalue weighted by Crippen LogP contribution is 2.25. The minimum Gasteiger partial charge on any atom is -0.506 e. The van der Waals surface area contributed by atoms with E-state index in [4.69, 9.17) is 11.6 Å². The van der Waals surface area contributed by atoms with Crippen LogP contribution in [-0.2, 0) is 6.54 Å². The van der Waals surface area contributed by atoms with E-state index in [1.54, 1.807) is 6.07 Å². The SMILES string of the molecule is O=C(NCc1ccccc1)Nc1ccc(Cl)c(O)c1. The summed E-state index contributed by atoms with van der Waals surface area (Å²) >= 11 is 5.68. The summed E-state index contributed by atoms with van der Waals surface area (Å²) in [5.74, 6) is -0.0671. The molecule has 0 aromatic heterocycles. The topological polar surface area (TPSA) is 61.4 Å². The Balaban J connectivity index is 1.89. The van der Waals surface area contributed by atoms with Gasteiger partial charge in [0.15, 0.2) is 0 Å². The van der Waals surface area contributed by atoms with Gasteiger partial charge in [-0.2, -0.15) is 0 Å². The van der Waals surface area contributed by atoms with E-state index in [1.807, 2.05) is 30.3 Å². The summed E-state index contributed by atoms with van der Waals surface area (Å²) in [6.07, 6.45) is 0. The van der Waals surface area contributed by atoms with Crippen molar-refractivity contribution in [3.8, 4) is 5.75 Å². The van der Waals surface area contributed by atoms with Gasteiger partial charge in [0.25, 0.3) is 0 Å². The Hall–Kier alpha value is -2.20. The molecular formula is C14H13ClN2O2. The molecule has 2 rings (SSSR count). The monoisotopic (exact) mass is 276 g/mol. The standard InChI is InChI=1S/C14H13ClN2O2/c15-12-7-6-11(8-13(12)18)17-14(19)16-9-10-4-2-1-3-5-10/h1-8,18H,9H2,(H2,16,17,19). The summed E-state index contributed by atoms with van der Waals surface area (Å²) in [5.41, 5.74) is 1.49. The Labute approximate surface area is 116 Å². The number of nitrogens with one attached hydrogen (secondary N) is 2. The highest BCUT2D eigenvalue weighted by Gasteiger charge is 2.04. The largest absolute Gasteiger partial charge is 0.506 e. The molecule has 0 spiro atoms. The normalized spacial score (nSPS) is 9.95. The molecule has 0 heterocycles. The molecule has 0 radical (unpaired) electrons. The number of amides is 2. The average molecular weight is 277 g/mol. The van der Waals surface area contributed by atoms with Gasteiger partial charge in [0.05, 0.1) is 5.02 Å². The lowest BCUT2D eigenvalue weighted by Gasteiger charge is -2.08. The molecule has 0 aliphatic heterocycles. The number of phenols is 1. The van der Waals surface area contributed by atoms with Crippen LogP contribution in [0.3, 0.4) is 0 Å². The molecule has 0 aliphatic rings. The molecule has 5 heteroatoms. The van der Waals surface area contributed by atoms with Crippen molar-refractivity contribution in [2.75, 3.05) is 5.32 Å². The van der Waals surface area contributed by atoms with E-state index in [0.717, 1.165) is 5.56 Å². The van der Waals surface area contributed by atoms with Crippen LogP contribution < -0.4 is 10.6 Å². The summed E-state index contributed by atoms with van der Waals surface area (Å²) in [6, 6.07) is 13.8. The fourth-order valence-electron chi connectivity index (χ4n) is 1.54. The lowest BCUT2D eigenvalue weighted by Crippen LogP contribution is -2.28. The summed E-state index contributed by atoms with van der Waals surface area (Å²) in [5, 5.41) is 15.0. The molecule has 0 saturated carbocycles. The molecule has 4 nitrogen and oxygen atoms in total. The van der Waals surface area contributed by atoms with Crippen molar-refractivity contribution < 1.29 is 9.90 Å². The number of halogens is 1. The predicted molar refractivity (Wildman–Crippen MR) is 75.4 cm³/mol. The number of carbonyl (C=O) groups excluding carboxylic acids is 1. The number of anilines is 1. The van der Waals surface area contributed by atoms with E-state index < -0.39 is 0 Å². The number of phenolic OH excluding ortho intramolecular Hbond substituents is 1. The third-order valence-electron chi connectivity index (χ3n) is 2.50. The third kappa shape index (κ3) is 3.89. The number of rotatable bonds is 3. The zero-order valence-electron chi connectivity index (χ0n) is 10.1. The average Bonchev–Trinajstić information content (AvgIpc) is 2.42. The van der Waals surface area contributed by atoms with Crippen molar-refractivity contribution >= 4 is 23.3 Å². The van der Waals surface area contributed by atoms with Crippen molar-refractivity contribution in [3.63, 3.8) is 0 Å². The van der Waals surface area contributed by atoms with Crippen LogP contribution in [0.15, 0.2) is 48.5 Å². The van der Waals surface area contributed by atoms with Gasteiger partial charge in [-0.25, -0.2) is 4.79 Å². The van der Waals surface area contributed by atoms with Gasteiger partial charge in [-0.3, -0.25) is 0 Å². The smallest absolute Gasteiger partial charge is 0.319 e. The molecule has 0 saturated heterocycles. The van der Waals surface area contributed by atoms with Crippen LogP contribution in [0.4, 0.5) is 10.5 Å². The van der Waals surface area contributed by atoms with Gasteiger partial charge in [0.1, 0.15) is 5.75 Å². The highest BCUT2D eigenvalue weighted by atomic mass is 35.5. The molecule has 0 aliphatic carbocycles. The van der Waals surface area contributed by atoms with E-state index in [0.29, 0.717) is 12.2 Å². The Bertz CT molecular complexity index is 573. The second-order valence-corrected chi connectivity index (χ2v) is 4.37. The second-order valence-electron chi connectivity index (χ2n) is 3.96. The van der Waals surface area contributed by atoms with Crippen molar-refractivity contribution in [1.82, 2.24) is 5.32 Å². The number of hydrogen-bond donors (Lipinski definition) is 3. The molecule has 0 atom stereocenters. The van der Waals surface area contributed by atoms with E-state index in [9.17, 15) is 9.90 Å². The van der Waals surface area contributed by atoms with Gasteiger partial charge in [-0.1, -0.05) is 41.9 Å². The van der Waals surface area contributed by atoms with Gasteiger partial charge in [-0.05, 0) is 17.7 Å². The predicted octanol–water partition coefficient (Wildman–Crippen LogP) is 3.37. The molecule has 3 N–H and O–H groups in total. The van der Waals surface area contributed by atoms with E-state index in [-0.39, 0.29) is 16.8 Å². The van der Waals surface area contributed by atoms with Crippen LogP contribution in [0.2, 0.25) is 5.02 Å². The van der Waals surface area contributed by atoms with Gasteiger partial charge < -0.3 is 15.7 Å². The van der Waals surface area contributed by atoms with Crippen LogP contribution in [0.5, 0.6) is 5.75 Å². The van der Waals surface area contributed by atoms with Gasteiger partial charge >= 0.3 is 6.03 Å². The summed E-state index contributed by atoms with van der Waals surface area (Å²) in [7, 11) is 0. The Morgan fingerprint density at radius 1 is 1.16 bits per heavy atom. The van der Waals surface area contributed by atoms with Gasteiger partial charge in [-0.15, -0.1) is 0 Å². The lowest BCUT2D eigenvalue weighted by molar-refractivity contribution is 0.251. The van der Waals surface area contributed by atoms with Crippen LogP contribution in [-0.4, -0.2) is 11.1 Å². The minimum atomic E-state index is -0.342. The van der Waals surface area contributed by atoms with E-state index in [2.05, 4.69) is 10.6 Å². The molecule has 0 bridgehead atoms. The maximum Gasteiger partial charge on any atom is 0.319 e. The Morgan fingerprint density at radius 3 is 2.58 bits per heavy atom. The molecular weight excluding hydrogens is 264 g/mol. The molecule has 2 amide bonds. The zero-order valence-corrected chi connectivity index (χ0v) is 10.8. The van der Waals surface area contributed by atoms with Crippen LogP contribution in [0, 0.1) is 0 Å². The first-order chi connectivity index (χ1) is 9.15. The lowest BCUT2D eigenvalue weighted by atomic mass is 10.2. The van der Waals surface area contributed by atoms with Crippen molar-refractivity contribution in [3.05, 3.63) is 59.1 Å². The first-order valence-corrected chi connectivity index (χ1v) is 6.10. The number of urea groups is 1. The first kappa shape index (κ1) is 13.2. The summed E-state index contributed by atoms with van der Waals surface area (Å²) < 4.78 is 0. The minimum absolute atomic E-state index is 0.0671. The maximum atomic E-state index is 11.6. The number of carbonyl (C=O) groups is 1. The fraction of sp³-hybridized carbons (Fsp3) is 0.0714. The molecule has 2 aromatic carbocycles. The van der Waals surface area contributed by atoms with Crippen molar-refractivity contribution in [1.29, 1.82) is 0 Å². The summed E-state index contributed by atoms with van der Waals surface area (Å²) in [6.45, 7) is 0.437. The summed E-state index contributed by atoms with van der Waals surface area (Å²) in [4.78, 5) is 11.6. The molecule has 0 unspecified atom stereocenters. The van der Waals surface area contributed by atoms with Gasteiger partial charge in [0, 0.05) is 18.3 Å². The van der Waals surface area contributed by atoms with Crippen LogP contribution >= 0.6 is 11.6 Å². The third-order valence-corrected chi connectivity index (χ3v) is 2.82. The molecule has 0 fully saturated rings. The number of benzene rings is 2.